The SMILES string of the molecule is C[N-]C.[C-]1=CC=CC1.[Cl][Ti][Cl]. The second kappa shape index (κ2) is 17.0. The molecule has 0 N–H and O–H groups in total. The summed E-state index contributed by atoms with van der Waals surface area (Å²) < 4.78 is 0. The van der Waals surface area contributed by atoms with Gasteiger partial charge in [0.05, 0.1) is 0 Å². The second-order valence-corrected chi connectivity index (χ2v) is 4.10. The van der Waals surface area contributed by atoms with Crippen molar-refractivity contribution in [3.63, 3.8) is 0 Å². The predicted molar refractivity (Wildman–Crippen MR) is 48.5 cm³/mol. The van der Waals surface area contributed by atoms with E-state index in [1.54, 1.807) is 14.1 Å². The van der Waals surface area contributed by atoms with Gasteiger partial charge in [-0.05, 0) is 0 Å². The fourth-order valence-electron chi connectivity index (χ4n) is 0.340. The van der Waals surface area contributed by atoms with Gasteiger partial charge in [-0.3, -0.25) is 6.08 Å². The number of hydrogen-bond donors (Lipinski definition) is 0. The van der Waals surface area contributed by atoms with Crippen LogP contribution in [0.5, 0.6) is 0 Å². The summed E-state index contributed by atoms with van der Waals surface area (Å²) in [6, 6.07) is 0. The van der Waals surface area contributed by atoms with E-state index in [4.69, 9.17) is 18.6 Å². The quantitative estimate of drug-likeness (QED) is 0.446. The van der Waals surface area contributed by atoms with Gasteiger partial charge in [0.25, 0.3) is 0 Å². The van der Waals surface area contributed by atoms with E-state index in [0.717, 1.165) is 6.42 Å². The Morgan fingerprint density at radius 2 is 1.91 bits per heavy atom. The average molecular weight is 228 g/mol. The minimum absolute atomic E-state index is 0.556. The van der Waals surface area contributed by atoms with E-state index in [2.05, 4.69) is 17.5 Å². The van der Waals surface area contributed by atoms with E-state index in [-0.39, 0.29) is 0 Å². The molecule has 0 aromatic heterocycles. The molecule has 1 aliphatic carbocycles. The fourth-order valence-corrected chi connectivity index (χ4v) is 0.340. The first-order valence-electron chi connectivity index (χ1n) is 2.99. The Hall–Kier alpha value is 0.734. The van der Waals surface area contributed by atoms with Gasteiger partial charge in [0, 0.05) is 0 Å². The normalized spacial score (nSPS) is 10.9. The Labute approximate surface area is 85.5 Å². The van der Waals surface area contributed by atoms with E-state index in [9.17, 15) is 0 Å². The summed E-state index contributed by atoms with van der Waals surface area (Å²) in [6.07, 6.45) is 10.0. The second-order valence-electron chi connectivity index (χ2n) is 1.52. The van der Waals surface area contributed by atoms with Crippen LogP contribution in [-0.4, -0.2) is 14.1 Å². The minimum atomic E-state index is -0.556. The molecule has 4 heteroatoms. The van der Waals surface area contributed by atoms with Crippen LogP contribution in [0, 0.1) is 6.08 Å². The van der Waals surface area contributed by atoms with Crippen LogP contribution in [-0.2, 0) is 17.0 Å². The average Bonchev–Trinajstić information content (AvgIpc) is 2.44. The number of rotatable bonds is 0. The first-order chi connectivity index (χ1) is 5.33. The van der Waals surface area contributed by atoms with Crippen LogP contribution in [0.15, 0.2) is 18.2 Å². The van der Waals surface area contributed by atoms with E-state index in [0.29, 0.717) is 0 Å². The topological polar surface area (TPSA) is 14.1 Å². The van der Waals surface area contributed by atoms with Gasteiger partial charge in [-0.15, -0.1) is 6.42 Å². The summed E-state index contributed by atoms with van der Waals surface area (Å²) >= 11 is -0.556. The van der Waals surface area contributed by atoms with Gasteiger partial charge in [-0.25, -0.2) is 12.2 Å². The van der Waals surface area contributed by atoms with Crippen LogP contribution in [0.1, 0.15) is 6.42 Å². The van der Waals surface area contributed by atoms with Gasteiger partial charge in [-0.1, -0.05) is 0 Å². The van der Waals surface area contributed by atoms with E-state index in [1.165, 1.54) is 0 Å². The molecular formula is C7H11Cl2NTi-2. The van der Waals surface area contributed by atoms with Crippen LogP contribution in [0.2, 0.25) is 0 Å². The van der Waals surface area contributed by atoms with Gasteiger partial charge < -0.3 is 5.32 Å². The Kier molecular flexibility index (Phi) is 22.1. The molecule has 0 saturated carbocycles. The summed E-state index contributed by atoms with van der Waals surface area (Å²) in [7, 11) is 13.3. The number of nitrogens with zero attached hydrogens (tertiary/aromatic N) is 1. The predicted octanol–water partition coefficient (Wildman–Crippen LogP) is 3.30. The molecule has 0 aromatic rings. The number of hydrogen-bond acceptors (Lipinski definition) is 0. The molecule has 0 atom stereocenters. The Balaban J connectivity index is 0. The molecule has 1 aliphatic rings. The molecule has 0 bridgehead atoms. The molecular weight excluding hydrogens is 217 g/mol. The van der Waals surface area contributed by atoms with E-state index in [1.807, 2.05) is 12.2 Å². The molecule has 0 heterocycles. The van der Waals surface area contributed by atoms with E-state index < -0.39 is 17.0 Å². The molecule has 0 spiro atoms. The number of allylic oxidation sites excluding steroid dienone is 4. The summed E-state index contributed by atoms with van der Waals surface area (Å²) in [5, 5.41) is 3.50. The zero-order chi connectivity index (χ0) is 8.95. The Bertz CT molecular complexity index is 92.6. The maximum atomic E-state index is 4.89. The van der Waals surface area contributed by atoms with Crippen molar-refractivity contribution in [3.05, 3.63) is 29.6 Å². The third-order valence-corrected chi connectivity index (χ3v) is 0.586. The monoisotopic (exact) mass is 227 g/mol. The standard InChI is InChI=1S/C5H5.C2H6N.2ClH.Ti/c1-2-4-5-3-1;1-3-2;;;/h1-3H,4H2;1-2H3;2*1H;/q2*-1;;;+2/p-2. The van der Waals surface area contributed by atoms with Crippen LogP contribution in [0.3, 0.4) is 0 Å². The first-order valence-corrected chi connectivity index (χ1v) is 7.29. The van der Waals surface area contributed by atoms with Crippen molar-refractivity contribution in [3.8, 4) is 0 Å². The van der Waals surface area contributed by atoms with Gasteiger partial charge in [0.15, 0.2) is 0 Å². The van der Waals surface area contributed by atoms with Gasteiger partial charge in [0.1, 0.15) is 0 Å². The molecule has 0 fully saturated rings. The molecule has 0 aliphatic heterocycles. The zero-order valence-electron chi connectivity index (χ0n) is 6.64. The third-order valence-electron chi connectivity index (χ3n) is 0.586. The van der Waals surface area contributed by atoms with Crippen molar-refractivity contribution in [1.29, 1.82) is 0 Å². The molecule has 1 nitrogen and oxygen atoms in total. The van der Waals surface area contributed by atoms with Gasteiger partial charge in [-0.2, -0.15) is 20.2 Å². The summed E-state index contributed by atoms with van der Waals surface area (Å²) in [5.41, 5.74) is 0. The van der Waals surface area contributed by atoms with Gasteiger partial charge >= 0.3 is 35.6 Å². The fraction of sp³-hybridized carbons (Fsp3) is 0.429. The summed E-state index contributed by atoms with van der Waals surface area (Å²) in [4.78, 5) is 0. The Morgan fingerprint density at radius 3 is 2.00 bits per heavy atom. The van der Waals surface area contributed by atoms with Crippen molar-refractivity contribution < 1.29 is 17.0 Å². The Morgan fingerprint density at radius 1 is 1.45 bits per heavy atom. The van der Waals surface area contributed by atoms with Gasteiger partial charge in [0.2, 0.25) is 0 Å². The van der Waals surface area contributed by atoms with Crippen molar-refractivity contribution >= 4 is 18.6 Å². The van der Waals surface area contributed by atoms with Crippen LogP contribution >= 0.6 is 18.6 Å². The zero-order valence-corrected chi connectivity index (χ0v) is 9.72. The molecule has 0 saturated heterocycles. The summed E-state index contributed by atoms with van der Waals surface area (Å²) in [5.74, 6) is 0. The summed E-state index contributed by atoms with van der Waals surface area (Å²) in [6.45, 7) is 0. The molecule has 0 amide bonds. The van der Waals surface area contributed by atoms with Crippen molar-refractivity contribution in [2.75, 3.05) is 14.1 Å². The van der Waals surface area contributed by atoms with Crippen molar-refractivity contribution in [2.24, 2.45) is 0 Å². The van der Waals surface area contributed by atoms with Crippen molar-refractivity contribution in [1.82, 2.24) is 0 Å². The third kappa shape index (κ3) is 24.9. The number of halogens is 2. The maximum absolute atomic E-state index is 4.89. The first kappa shape index (κ1) is 14.3. The van der Waals surface area contributed by atoms with Crippen molar-refractivity contribution in [2.45, 2.75) is 6.42 Å². The molecule has 0 unspecified atom stereocenters. The molecule has 11 heavy (non-hydrogen) atoms. The molecule has 0 radical (unpaired) electrons. The molecule has 1 rings (SSSR count). The van der Waals surface area contributed by atoms with E-state index >= 15 is 0 Å². The molecule has 64 valence electrons. The van der Waals surface area contributed by atoms with Crippen LogP contribution in [0.4, 0.5) is 0 Å². The molecule has 0 aromatic carbocycles. The van der Waals surface area contributed by atoms with Crippen LogP contribution in [0.25, 0.3) is 5.32 Å². The van der Waals surface area contributed by atoms with Crippen LogP contribution < -0.4 is 0 Å².